The Labute approximate surface area is 137 Å². The minimum Gasteiger partial charge on any atom is -0.377 e. The van der Waals surface area contributed by atoms with Gasteiger partial charge in [0.1, 0.15) is 0 Å². The average molecular weight is 315 g/mol. The van der Waals surface area contributed by atoms with Gasteiger partial charge in [-0.2, -0.15) is 0 Å². The summed E-state index contributed by atoms with van der Waals surface area (Å²) in [6.07, 6.45) is 2.55. The molecule has 1 aromatic carbocycles. The number of nitrogens with one attached hydrogen (secondary N) is 1. The summed E-state index contributed by atoms with van der Waals surface area (Å²) in [6.45, 7) is 3.18. The molecule has 1 aliphatic heterocycles. The highest BCUT2D eigenvalue weighted by molar-refractivity contribution is 5.89. The van der Waals surface area contributed by atoms with Crippen LogP contribution in [0.1, 0.15) is 30.4 Å². The summed E-state index contributed by atoms with van der Waals surface area (Å²) in [7, 11) is 4.04. The van der Waals surface area contributed by atoms with Gasteiger partial charge in [-0.05, 0) is 37.0 Å². The summed E-state index contributed by atoms with van der Waals surface area (Å²) >= 11 is 0. The second-order valence-corrected chi connectivity index (χ2v) is 6.91. The van der Waals surface area contributed by atoms with Crippen molar-refractivity contribution in [2.45, 2.75) is 38.8 Å². The molecule has 2 aliphatic rings. The highest BCUT2D eigenvalue weighted by atomic mass is 16.2. The van der Waals surface area contributed by atoms with E-state index in [1.54, 1.807) is 0 Å². The van der Waals surface area contributed by atoms with Crippen molar-refractivity contribution in [1.82, 2.24) is 10.2 Å². The van der Waals surface area contributed by atoms with E-state index in [1.807, 2.05) is 25.1 Å². The number of hydrogen-bond donors (Lipinski definition) is 1. The molecule has 1 aliphatic carbocycles. The standard InChI is InChI=1S/C18H25N3O2/c1-12-8-13(4-7-16(12)20(2)3)10-19-18(23)14-9-17(22)21(11-14)15-5-6-15/h4,7-8,14-15H,5-6,9-11H2,1-3H3,(H,19,23)/t14-/m0/s1. The molecule has 5 nitrogen and oxygen atoms in total. The molecule has 0 radical (unpaired) electrons. The number of rotatable bonds is 5. The number of likely N-dealkylation sites (tertiary alicyclic amines) is 1. The number of aryl methyl sites for hydroxylation is 1. The molecule has 1 N–H and O–H groups in total. The molecular formula is C18H25N3O2. The van der Waals surface area contributed by atoms with Crippen molar-refractivity contribution in [3.05, 3.63) is 29.3 Å². The van der Waals surface area contributed by atoms with Gasteiger partial charge in [-0.25, -0.2) is 0 Å². The predicted octanol–water partition coefficient (Wildman–Crippen LogP) is 1.69. The molecule has 3 rings (SSSR count). The van der Waals surface area contributed by atoms with Crippen molar-refractivity contribution in [2.24, 2.45) is 5.92 Å². The van der Waals surface area contributed by atoms with Gasteiger partial charge in [-0.3, -0.25) is 9.59 Å². The fraction of sp³-hybridized carbons (Fsp3) is 0.556. The summed E-state index contributed by atoms with van der Waals surface area (Å²) < 4.78 is 0. The van der Waals surface area contributed by atoms with Crippen molar-refractivity contribution in [1.29, 1.82) is 0 Å². The molecule has 2 fully saturated rings. The van der Waals surface area contributed by atoms with Gasteiger partial charge in [0, 0.05) is 45.3 Å². The molecule has 124 valence electrons. The minimum atomic E-state index is -0.190. The zero-order chi connectivity index (χ0) is 16.6. The van der Waals surface area contributed by atoms with E-state index >= 15 is 0 Å². The molecule has 0 aromatic heterocycles. The first-order valence-corrected chi connectivity index (χ1v) is 8.29. The van der Waals surface area contributed by atoms with E-state index in [0.717, 1.165) is 18.4 Å². The van der Waals surface area contributed by atoms with Crippen LogP contribution in [0.2, 0.25) is 0 Å². The molecule has 0 unspecified atom stereocenters. The molecule has 1 atom stereocenters. The molecular weight excluding hydrogens is 290 g/mol. The number of amides is 2. The number of benzene rings is 1. The Balaban J connectivity index is 1.55. The van der Waals surface area contributed by atoms with Crippen molar-refractivity contribution in [2.75, 3.05) is 25.5 Å². The van der Waals surface area contributed by atoms with E-state index in [1.165, 1.54) is 11.3 Å². The lowest BCUT2D eigenvalue weighted by Crippen LogP contribution is -2.33. The number of carbonyl (C=O) groups excluding carboxylic acids is 2. The van der Waals surface area contributed by atoms with Crippen LogP contribution >= 0.6 is 0 Å². The van der Waals surface area contributed by atoms with Crippen LogP contribution in [0.5, 0.6) is 0 Å². The summed E-state index contributed by atoms with van der Waals surface area (Å²) in [6, 6.07) is 6.62. The Morgan fingerprint density at radius 2 is 2.09 bits per heavy atom. The third-order valence-electron chi connectivity index (χ3n) is 4.73. The molecule has 1 aromatic rings. The lowest BCUT2D eigenvalue weighted by molar-refractivity contribution is -0.129. The first kappa shape index (κ1) is 15.8. The topological polar surface area (TPSA) is 52.7 Å². The number of carbonyl (C=O) groups is 2. The third-order valence-corrected chi connectivity index (χ3v) is 4.73. The van der Waals surface area contributed by atoms with Crippen LogP contribution in [0.3, 0.4) is 0 Å². The van der Waals surface area contributed by atoms with Gasteiger partial charge < -0.3 is 15.1 Å². The Morgan fingerprint density at radius 3 is 2.70 bits per heavy atom. The highest BCUT2D eigenvalue weighted by Crippen LogP contribution is 2.32. The van der Waals surface area contributed by atoms with Gasteiger partial charge in [-0.15, -0.1) is 0 Å². The fourth-order valence-electron chi connectivity index (χ4n) is 3.31. The van der Waals surface area contributed by atoms with Crippen LogP contribution in [-0.4, -0.2) is 43.4 Å². The minimum absolute atomic E-state index is 0.00385. The van der Waals surface area contributed by atoms with Crippen molar-refractivity contribution >= 4 is 17.5 Å². The Kier molecular flexibility index (Phi) is 4.28. The zero-order valence-corrected chi connectivity index (χ0v) is 14.1. The molecule has 1 saturated heterocycles. The van der Waals surface area contributed by atoms with E-state index in [2.05, 4.69) is 29.3 Å². The van der Waals surface area contributed by atoms with Crippen molar-refractivity contribution in [3.63, 3.8) is 0 Å². The number of hydrogen-bond acceptors (Lipinski definition) is 3. The van der Waals surface area contributed by atoms with Gasteiger partial charge >= 0.3 is 0 Å². The molecule has 1 heterocycles. The summed E-state index contributed by atoms with van der Waals surface area (Å²) in [4.78, 5) is 28.2. The van der Waals surface area contributed by atoms with Crippen molar-refractivity contribution in [3.8, 4) is 0 Å². The summed E-state index contributed by atoms with van der Waals surface area (Å²) in [5.41, 5.74) is 3.46. The first-order chi connectivity index (χ1) is 11.0. The first-order valence-electron chi connectivity index (χ1n) is 8.29. The Morgan fingerprint density at radius 1 is 1.35 bits per heavy atom. The second kappa shape index (κ2) is 6.22. The maximum atomic E-state index is 12.3. The molecule has 23 heavy (non-hydrogen) atoms. The fourth-order valence-corrected chi connectivity index (χ4v) is 3.31. The SMILES string of the molecule is Cc1cc(CNC(=O)[C@H]2CC(=O)N(C3CC3)C2)ccc1N(C)C. The monoisotopic (exact) mass is 315 g/mol. The Bertz CT molecular complexity index is 623. The smallest absolute Gasteiger partial charge is 0.225 e. The van der Waals surface area contributed by atoms with Gasteiger partial charge in [0.25, 0.3) is 0 Å². The lowest BCUT2D eigenvalue weighted by atomic mass is 10.1. The molecule has 0 bridgehead atoms. The molecule has 0 spiro atoms. The highest BCUT2D eigenvalue weighted by Gasteiger charge is 2.41. The molecule has 2 amide bonds. The zero-order valence-electron chi connectivity index (χ0n) is 14.1. The second-order valence-electron chi connectivity index (χ2n) is 6.91. The summed E-state index contributed by atoms with van der Waals surface area (Å²) in [5, 5.41) is 2.99. The van der Waals surface area contributed by atoms with Crippen LogP contribution in [0, 0.1) is 12.8 Å². The quantitative estimate of drug-likeness (QED) is 0.899. The van der Waals surface area contributed by atoms with Crippen LogP contribution in [-0.2, 0) is 16.1 Å². The van der Waals surface area contributed by atoms with Crippen LogP contribution in [0.15, 0.2) is 18.2 Å². The van der Waals surface area contributed by atoms with Gasteiger partial charge in [0.15, 0.2) is 0 Å². The maximum absolute atomic E-state index is 12.3. The Hall–Kier alpha value is -2.04. The number of anilines is 1. The number of nitrogens with zero attached hydrogens (tertiary/aromatic N) is 2. The van der Waals surface area contributed by atoms with E-state index in [9.17, 15) is 9.59 Å². The molecule has 5 heteroatoms. The van der Waals surface area contributed by atoms with Gasteiger partial charge in [-0.1, -0.05) is 12.1 Å². The predicted molar refractivity (Wildman–Crippen MR) is 90.2 cm³/mol. The van der Waals surface area contributed by atoms with Gasteiger partial charge in [0.05, 0.1) is 5.92 Å². The van der Waals surface area contributed by atoms with Crippen molar-refractivity contribution < 1.29 is 9.59 Å². The lowest BCUT2D eigenvalue weighted by Gasteiger charge is -2.17. The van der Waals surface area contributed by atoms with E-state index in [4.69, 9.17) is 0 Å². The van der Waals surface area contributed by atoms with Crippen LogP contribution < -0.4 is 10.2 Å². The normalized spacial score (nSPS) is 20.7. The summed E-state index contributed by atoms with van der Waals surface area (Å²) in [5.74, 6) is -0.0556. The largest absolute Gasteiger partial charge is 0.377 e. The van der Waals surface area contributed by atoms with Gasteiger partial charge in [0.2, 0.25) is 11.8 Å². The van der Waals surface area contributed by atoms with Crippen LogP contribution in [0.25, 0.3) is 0 Å². The third kappa shape index (κ3) is 3.49. The van der Waals surface area contributed by atoms with E-state index in [0.29, 0.717) is 25.6 Å². The maximum Gasteiger partial charge on any atom is 0.225 e. The van der Waals surface area contributed by atoms with E-state index in [-0.39, 0.29) is 17.7 Å². The molecule has 1 saturated carbocycles. The van der Waals surface area contributed by atoms with E-state index < -0.39 is 0 Å². The van der Waals surface area contributed by atoms with Crippen LogP contribution in [0.4, 0.5) is 5.69 Å². The average Bonchev–Trinajstić information content (AvgIpc) is 3.27.